The molecule has 1 aliphatic heterocycles. The number of methoxy groups -OCH3 is 1. The largest absolute Gasteiger partial charge is 0.490 e. The van der Waals surface area contributed by atoms with Crippen molar-refractivity contribution in [2.45, 2.75) is 32.7 Å². The number of halogens is 4. The molecule has 244 valence electrons. The number of carbonyl (C=O) groups excluding carboxylic acids is 2. The molecule has 1 heterocycles. The first-order valence-electron chi connectivity index (χ1n) is 13.8. The minimum atomic E-state index is -1.24. The molecule has 0 bridgehead atoms. The lowest BCUT2D eigenvalue weighted by Gasteiger charge is -2.28. The van der Waals surface area contributed by atoms with Crippen molar-refractivity contribution in [3.63, 3.8) is 0 Å². The summed E-state index contributed by atoms with van der Waals surface area (Å²) in [5, 5.41) is 21.5. The van der Waals surface area contributed by atoms with E-state index in [2.05, 4.69) is 21.2 Å². The maximum Gasteiger partial charge on any atom is 0.337 e. The number of urea groups is 1. The van der Waals surface area contributed by atoms with Crippen LogP contribution < -0.4 is 30.3 Å². The second-order valence-corrected chi connectivity index (χ2v) is 11.4. The van der Waals surface area contributed by atoms with Gasteiger partial charge < -0.3 is 34.7 Å². The molecule has 2 atom stereocenters. The number of ether oxygens (including phenoxy) is 4. The normalized spacial score (nSPS) is 15.2. The van der Waals surface area contributed by atoms with E-state index in [-0.39, 0.29) is 23.8 Å². The lowest BCUT2D eigenvalue weighted by atomic mass is 9.95. The number of rotatable bonds is 13. The Balaban J connectivity index is 1.43. The van der Waals surface area contributed by atoms with Crippen LogP contribution in [0, 0.1) is 0 Å². The summed E-state index contributed by atoms with van der Waals surface area (Å²) in [6, 6.07) is 11.9. The molecule has 0 saturated carbocycles. The average Bonchev–Trinajstić information content (AvgIpc) is 3.00. The van der Waals surface area contributed by atoms with Crippen molar-refractivity contribution in [3.05, 3.63) is 96.6 Å². The number of aliphatic hydroxyl groups is 1. The van der Waals surface area contributed by atoms with Crippen molar-refractivity contribution in [3.8, 4) is 17.2 Å². The SMILES string of the molecule is CCOc1cc([C@@H]2NC(=O)NC(C)=C2C(=O)OC)ccc1OC[C@H](O)N/N=C/c1cc(Cl)cc(Cl)c1OCc1ccc(Cl)cc1Cl. The standard InChI is InChI=1S/C31H30Cl4N4O7/c1-4-44-25-10-17(28-27(30(41)43-3)16(2)37-31(42)38-28)6-8-24(25)45-15-26(40)39-36-13-19-9-21(33)12-23(35)29(19)46-14-18-5-7-20(32)11-22(18)34/h5-13,26,28,39-40H,4,14-15H2,1-3H3,(H2,37,38,42)/b36-13+/t26-,28-/m0/s1. The number of nitrogens with zero attached hydrogens (tertiary/aromatic N) is 1. The van der Waals surface area contributed by atoms with Gasteiger partial charge in [-0.25, -0.2) is 9.59 Å². The Hall–Kier alpha value is -3.87. The van der Waals surface area contributed by atoms with Crippen molar-refractivity contribution in [1.29, 1.82) is 0 Å². The van der Waals surface area contributed by atoms with Gasteiger partial charge in [-0.15, -0.1) is 0 Å². The molecule has 0 radical (unpaired) electrons. The van der Waals surface area contributed by atoms with Crippen LogP contribution in [0.1, 0.15) is 36.6 Å². The molecule has 46 heavy (non-hydrogen) atoms. The number of carbonyl (C=O) groups is 2. The quantitative estimate of drug-likeness (QED) is 0.0692. The molecule has 4 N–H and O–H groups in total. The molecular formula is C31H30Cl4N4O7. The number of nitrogens with one attached hydrogen (secondary N) is 3. The van der Waals surface area contributed by atoms with Crippen LogP contribution in [0.5, 0.6) is 17.2 Å². The van der Waals surface area contributed by atoms with Crippen LogP contribution >= 0.6 is 46.4 Å². The van der Waals surface area contributed by atoms with E-state index in [1.807, 2.05) is 0 Å². The topological polar surface area (TPSA) is 140 Å². The van der Waals surface area contributed by atoms with Crippen molar-refractivity contribution in [2.24, 2.45) is 5.10 Å². The predicted octanol–water partition coefficient (Wildman–Crippen LogP) is 6.40. The summed E-state index contributed by atoms with van der Waals surface area (Å²) in [6.45, 7) is 3.60. The molecule has 0 aliphatic carbocycles. The lowest BCUT2D eigenvalue weighted by molar-refractivity contribution is -0.136. The van der Waals surface area contributed by atoms with E-state index >= 15 is 0 Å². The summed E-state index contributed by atoms with van der Waals surface area (Å²) in [6.07, 6.45) is 0.152. The molecule has 0 spiro atoms. The Bertz CT molecular complexity index is 1670. The zero-order chi connectivity index (χ0) is 33.4. The first kappa shape index (κ1) is 35.0. The first-order chi connectivity index (χ1) is 22.0. The molecule has 11 nitrogen and oxygen atoms in total. The maximum absolute atomic E-state index is 12.5. The fraction of sp³-hybridized carbons (Fsp3) is 0.258. The van der Waals surface area contributed by atoms with E-state index in [1.165, 1.54) is 19.4 Å². The van der Waals surface area contributed by atoms with Crippen LogP contribution in [-0.2, 0) is 16.1 Å². The highest BCUT2D eigenvalue weighted by Gasteiger charge is 2.32. The molecule has 3 aromatic carbocycles. The number of hydrazone groups is 1. The van der Waals surface area contributed by atoms with Crippen LogP contribution in [0.15, 0.2) is 64.9 Å². The monoisotopic (exact) mass is 710 g/mol. The van der Waals surface area contributed by atoms with Gasteiger partial charge in [-0.3, -0.25) is 5.43 Å². The molecule has 2 amide bonds. The van der Waals surface area contributed by atoms with Crippen LogP contribution in [0.3, 0.4) is 0 Å². The van der Waals surface area contributed by atoms with Crippen LogP contribution in [0.2, 0.25) is 20.1 Å². The molecule has 3 aromatic rings. The lowest BCUT2D eigenvalue weighted by Crippen LogP contribution is -2.45. The third kappa shape index (κ3) is 8.89. The van der Waals surface area contributed by atoms with Gasteiger partial charge in [-0.1, -0.05) is 58.5 Å². The fourth-order valence-corrected chi connectivity index (χ4v) is 5.46. The molecule has 4 rings (SSSR count). The van der Waals surface area contributed by atoms with Gasteiger partial charge in [0, 0.05) is 31.9 Å². The van der Waals surface area contributed by atoms with Gasteiger partial charge in [-0.2, -0.15) is 5.10 Å². The highest BCUT2D eigenvalue weighted by Crippen LogP contribution is 2.35. The third-order valence-electron chi connectivity index (χ3n) is 6.52. The Morgan fingerprint density at radius 2 is 1.78 bits per heavy atom. The summed E-state index contributed by atoms with van der Waals surface area (Å²) >= 11 is 24.8. The van der Waals surface area contributed by atoms with E-state index in [9.17, 15) is 14.7 Å². The van der Waals surface area contributed by atoms with Crippen molar-refractivity contribution in [2.75, 3.05) is 20.3 Å². The third-order valence-corrected chi connectivity index (χ3v) is 7.61. The molecule has 0 aromatic heterocycles. The van der Waals surface area contributed by atoms with E-state index in [1.54, 1.807) is 56.3 Å². The number of amides is 2. The highest BCUT2D eigenvalue weighted by atomic mass is 35.5. The fourth-order valence-electron chi connectivity index (χ4n) is 4.43. The number of allylic oxidation sites excluding steroid dienone is 1. The van der Waals surface area contributed by atoms with Crippen molar-refractivity contribution < 1.29 is 33.6 Å². The number of hydrogen-bond donors (Lipinski definition) is 4. The Morgan fingerprint density at radius 3 is 2.50 bits per heavy atom. The Morgan fingerprint density at radius 1 is 1.02 bits per heavy atom. The van der Waals surface area contributed by atoms with Gasteiger partial charge >= 0.3 is 12.0 Å². The minimum absolute atomic E-state index is 0.104. The van der Waals surface area contributed by atoms with Crippen LogP contribution in [0.25, 0.3) is 0 Å². The number of hydrogen-bond acceptors (Lipinski definition) is 9. The van der Waals surface area contributed by atoms with Crippen molar-refractivity contribution in [1.82, 2.24) is 16.1 Å². The Kier molecular flexibility index (Phi) is 12.3. The van der Waals surface area contributed by atoms with Gasteiger partial charge in [0.25, 0.3) is 0 Å². The number of benzene rings is 3. The Labute approximate surface area is 285 Å². The van der Waals surface area contributed by atoms with E-state index in [0.717, 1.165) is 0 Å². The van der Waals surface area contributed by atoms with Gasteiger partial charge in [0.05, 0.1) is 36.6 Å². The molecule has 0 saturated heterocycles. The smallest absolute Gasteiger partial charge is 0.337 e. The number of aliphatic hydroxyl groups excluding tert-OH is 1. The summed E-state index contributed by atoms with van der Waals surface area (Å²) < 4.78 is 22.4. The first-order valence-corrected chi connectivity index (χ1v) is 15.3. The molecule has 15 heteroatoms. The zero-order valence-corrected chi connectivity index (χ0v) is 27.9. The average molecular weight is 712 g/mol. The van der Waals surface area contributed by atoms with Crippen LogP contribution in [0.4, 0.5) is 4.79 Å². The highest BCUT2D eigenvalue weighted by molar-refractivity contribution is 6.36. The maximum atomic E-state index is 12.5. The molecular weight excluding hydrogens is 682 g/mol. The van der Waals surface area contributed by atoms with Gasteiger partial charge in [-0.05, 0) is 55.8 Å². The van der Waals surface area contributed by atoms with Crippen LogP contribution in [-0.4, -0.2) is 49.9 Å². The minimum Gasteiger partial charge on any atom is -0.490 e. The zero-order valence-electron chi connectivity index (χ0n) is 24.8. The number of esters is 1. The second-order valence-electron chi connectivity index (χ2n) is 9.75. The van der Waals surface area contributed by atoms with Gasteiger partial charge in [0.2, 0.25) is 0 Å². The molecule has 1 aliphatic rings. The molecule has 0 unspecified atom stereocenters. The summed E-state index contributed by atoms with van der Waals surface area (Å²) in [4.78, 5) is 24.6. The molecule has 0 fully saturated rings. The van der Waals surface area contributed by atoms with Gasteiger partial charge in [0.15, 0.2) is 17.7 Å². The second kappa shape index (κ2) is 16.1. The predicted molar refractivity (Wildman–Crippen MR) is 176 cm³/mol. The van der Waals surface area contributed by atoms with E-state index in [0.29, 0.717) is 61.3 Å². The van der Waals surface area contributed by atoms with E-state index < -0.39 is 24.3 Å². The summed E-state index contributed by atoms with van der Waals surface area (Å²) in [7, 11) is 1.26. The van der Waals surface area contributed by atoms with Gasteiger partial charge in [0.1, 0.15) is 19.0 Å². The van der Waals surface area contributed by atoms with E-state index in [4.69, 9.17) is 65.4 Å². The summed E-state index contributed by atoms with van der Waals surface area (Å²) in [5.41, 5.74) is 4.90. The summed E-state index contributed by atoms with van der Waals surface area (Å²) in [5.74, 6) is 0.364. The van der Waals surface area contributed by atoms with Crippen molar-refractivity contribution >= 4 is 64.6 Å².